The highest BCUT2D eigenvalue weighted by atomic mass is 32.1. The predicted octanol–water partition coefficient (Wildman–Crippen LogP) is 4.61. The first-order valence-electron chi connectivity index (χ1n) is 6.54. The predicted molar refractivity (Wildman–Crippen MR) is 86.1 cm³/mol. The topological polar surface area (TPSA) is 54.7 Å². The van der Waals surface area contributed by atoms with Crippen molar-refractivity contribution in [3.05, 3.63) is 53.7 Å². The molecular weight excluding hydrogens is 282 g/mol. The van der Waals surface area contributed by atoms with Gasteiger partial charge in [-0.3, -0.25) is 0 Å². The average molecular weight is 297 g/mol. The molecule has 0 aliphatic rings. The standard InChI is InChI=1S/C16H15N3OS/c1-4-5-6-12-10(2)17-7-13(12)15-9-21-16(19-15)14-8-20-11(3)18-14/h4-9,17H,1H2,2-3H3/b6-5-. The van der Waals surface area contributed by atoms with E-state index in [4.69, 9.17) is 4.42 Å². The summed E-state index contributed by atoms with van der Waals surface area (Å²) in [4.78, 5) is 12.2. The van der Waals surface area contributed by atoms with Crippen LogP contribution >= 0.6 is 11.3 Å². The highest BCUT2D eigenvalue weighted by Gasteiger charge is 2.13. The summed E-state index contributed by atoms with van der Waals surface area (Å²) in [5.74, 6) is 0.647. The van der Waals surface area contributed by atoms with Gasteiger partial charge in [0.2, 0.25) is 0 Å². The zero-order chi connectivity index (χ0) is 14.8. The van der Waals surface area contributed by atoms with E-state index in [-0.39, 0.29) is 0 Å². The van der Waals surface area contributed by atoms with Crippen molar-refractivity contribution in [2.45, 2.75) is 13.8 Å². The van der Waals surface area contributed by atoms with Gasteiger partial charge in [-0.05, 0) is 6.92 Å². The van der Waals surface area contributed by atoms with Crippen LogP contribution in [0.2, 0.25) is 0 Å². The van der Waals surface area contributed by atoms with Gasteiger partial charge in [-0.25, -0.2) is 9.97 Å². The Hall–Kier alpha value is -2.40. The lowest BCUT2D eigenvalue weighted by Gasteiger charge is -1.96. The molecule has 3 heterocycles. The van der Waals surface area contributed by atoms with Crippen LogP contribution in [0, 0.1) is 13.8 Å². The summed E-state index contributed by atoms with van der Waals surface area (Å²) >= 11 is 1.56. The van der Waals surface area contributed by atoms with Crippen LogP contribution in [0.1, 0.15) is 17.1 Å². The SMILES string of the molecule is C=C/C=C\c1c(-c2csc(-c3coc(C)n3)n2)c[nH]c1C. The Bertz CT molecular complexity index is 807. The molecule has 0 radical (unpaired) electrons. The molecule has 0 aliphatic carbocycles. The van der Waals surface area contributed by atoms with Crippen molar-refractivity contribution >= 4 is 17.4 Å². The largest absolute Gasteiger partial charge is 0.449 e. The number of rotatable bonds is 4. The maximum absolute atomic E-state index is 5.24. The fraction of sp³-hybridized carbons (Fsp3) is 0.125. The van der Waals surface area contributed by atoms with E-state index in [1.54, 1.807) is 23.7 Å². The molecule has 0 saturated carbocycles. The first-order valence-corrected chi connectivity index (χ1v) is 7.42. The number of hydrogen-bond donors (Lipinski definition) is 1. The second-order valence-corrected chi connectivity index (χ2v) is 5.48. The van der Waals surface area contributed by atoms with Crippen LogP contribution in [0.15, 0.2) is 41.0 Å². The maximum Gasteiger partial charge on any atom is 0.191 e. The molecule has 3 aromatic heterocycles. The van der Waals surface area contributed by atoms with Gasteiger partial charge in [-0.15, -0.1) is 11.3 Å². The second-order valence-electron chi connectivity index (χ2n) is 4.63. The first-order chi connectivity index (χ1) is 10.2. The molecule has 21 heavy (non-hydrogen) atoms. The van der Waals surface area contributed by atoms with E-state index in [0.717, 1.165) is 33.2 Å². The Morgan fingerprint density at radius 2 is 2.14 bits per heavy atom. The van der Waals surface area contributed by atoms with Crippen molar-refractivity contribution in [1.82, 2.24) is 15.0 Å². The number of thiazole rings is 1. The summed E-state index contributed by atoms with van der Waals surface area (Å²) in [6.07, 6.45) is 9.34. The Morgan fingerprint density at radius 3 is 2.86 bits per heavy atom. The number of allylic oxidation sites excluding steroid dienone is 2. The smallest absolute Gasteiger partial charge is 0.191 e. The lowest BCUT2D eigenvalue weighted by atomic mass is 10.1. The molecular formula is C16H15N3OS. The van der Waals surface area contributed by atoms with Crippen molar-refractivity contribution in [3.63, 3.8) is 0 Å². The molecule has 0 bridgehead atoms. The summed E-state index contributed by atoms with van der Waals surface area (Å²) in [5, 5.41) is 2.90. The average Bonchev–Trinajstić information content (AvgIpc) is 3.16. The van der Waals surface area contributed by atoms with Gasteiger partial charge in [0.25, 0.3) is 0 Å². The van der Waals surface area contributed by atoms with Gasteiger partial charge in [0.05, 0.1) is 5.69 Å². The Kier molecular flexibility index (Phi) is 3.58. The van der Waals surface area contributed by atoms with Crippen LogP contribution in [0.4, 0.5) is 0 Å². The van der Waals surface area contributed by atoms with Crippen molar-refractivity contribution < 1.29 is 4.42 Å². The van der Waals surface area contributed by atoms with Gasteiger partial charge in [0.1, 0.15) is 17.0 Å². The molecule has 0 amide bonds. The monoisotopic (exact) mass is 297 g/mol. The second kappa shape index (κ2) is 5.54. The van der Waals surface area contributed by atoms with Gasteiger partial charge >= 0.3 is 0 Å². The van der Waals surface area contributed by atoms with Crippen molar-refractivity contribution in [1.29, 1.82) is 0 Å². The summed E-state index contributed by atoms with van der Waals surface area (Å²) in [5.41, 5.74) is 5.02. The number of nitrogens with one attached hydrogen (secondary N) is 1. The number of oxazole rings is 1. The highest BCUT2D eigenvalue weighted by Crippen LogP contribution is 2.32. The quantitative estimate of drug-likeness (QED) is 0.715. The van der Waals surface area contributed by atoms with Gasteiger partial charge < -0.3 is 9.40 Å². The Balaban J connectivity index is 2.00. The van der Waals surface area contributed by atoms with Crippen molar-refractivity contribution in [3.8, 4) is 22.0 Å². The minimum atomic E-state index is 0.647. The number of nitrogens with zero attached hydrogens (tertiary/aromatic N) is 2. The first kappa shape index (κ1) is 13.6. The zero-order valence-corrected chi connectivity index (χ0v) is 12.7. The Morgan fingerprint density at radius 1 is 1.29 bits per heavy atom. The van der Waals surface area contributed by atoms with Crippen LogP contribution in [0.25, 0.3) is 28.0 Å². The molecule has 0 fully saturated rings. The fourth-order valence-corrected chi connectivity index (χ4v) is 2.87. The normalized spacial score (nSPS) is 11.3. The third-order valence-electron chi connectivity index (χ3n) is 3.14. The van der Waals surface area contributed by atoms with E-state index in [9.17, 15) is 0 Å². The number of aromatic nitrogens is 3. The molecule has 4 nitrogen and oxygen atoms in total. The molecule has 0 unspecified atom stereocenters. The third kappa shape index (κ3) is 2.60. The number of hydrogen-bond acceptors (Lipinski definition) is 4. The molecule has 0 spiro atoms. The van der Waals surface area contributed by atoms with E-state index in [2.05, 4.69) is 21.5 Å². The third-order valence-corrected chi connectivity index (χ3v) is 4.01. The fourth-order valence-electron chi connectivity index (χ4n) is 2.11. The molecule has 0 aliphatic heterocycles. The van der Waals surface area contributed by atoms with E-state index in [1.165, 1.54) is 0 Å². The molecule has 106 valence electrons. The van der Waals surface area contributed by atoms with E-state index >= 15 is 0 Å². The molecule has 5 heteroatoms. The summed E-state index contributed by atoms with van der Waals surface area (Å²) in [6, 6.07) is 0. The van der Waals surface area contributed by atoms with E-state index in [1.807, 2.05) is 37.6 Å². The van der Waals surface area contributed by atoms with Crippen molar-refractivity contribution in [2.24, 2.45) is 0 Å². The van der Waals surface area contributed by atoms with Gasteiger partial charge in [-0.2, -0.15) is 0 Å². The number of H-pyrrole nitrogens is 1. The lowest BCUT2D eigenvalue weighted by Crippen LogP contribution is -1.81. The highest BCUT2D eigenvalue weighted by molar-refractivity contribution is 7.13. The van der Waals surface area contributed by atoms with E-state index in [0.29, 0.717) is 5.89 Å². The molecule has 3 rings (SSSR count). The zero-order valence-electron chi connectivity index (χ0n) is 11.9. The lowest BCUT2D eigenvalue weighted by molar-refractivity contribution is 0.521. The Labute approximate surface area is 126 Å². The van der Waals surface area contributed by atoms with Crippen LogP contribution in [-0.2, 0) is 0 Å². The minimum Gasteiger partial charge on any atom is -0.449 e. The van der Waals surface area contributed by atoms with Crippen LogP contribution in [0.5, 0.6) is 0 Å². The minimum absolute atomic E-state index is 0.647. The molecule has 0 saturated heterocycles. The van der Waals surface area contributed by atoms with Crippen LogP contribution in [-0.4, -0.2) is 15.0 Å². The van der Waals surface area contributed by atoms with Crippen LogP contribution in [0.3, 0.4) is 0 Å². The molecule has 0 aromatic carbocycles. The van der Waals surface area contributed by atoms with E-state index < -0.39 is 0 Å². The van der Waals surface area contributed by atoms with Crippen LogP contribution < -0.4 is 0 Å². The number of aryl methyl sites for hydroxylation is 2. The van der Waals surface area contributed by atoms with Gasteiger partial charge in [0.15, 0.2) is 5.89 Å². The maximum atomic E-state index is 5.24. The number of aromatic amines is 1. The van der Waals surface area contributed by atoms with Gasteiger partial charge in [0, 0.05) is 35.3 Å². The van der Waals surface area contributed by atoms with Crippen molar-refractivity contribution in [2.75, 3.05) is 0 Å². The summed E-state index contributed by atoms with van der Waals surface area (Å²) in [7, 11) is 0. The summed E-state index contributed by atoms with van der Waals surface area (Å²) < 4.78 is 5.24. The van der Waals surface area contributed by atoms with Gasteiger partial charge in [-0.1, -0.05) is 24.8 Å². The molecule has 0 atom stereocenters. The summed E-state index contributed by atoms with van der Waals surface area (Å²) in [6.45, 7) is 7.58. The molecule has 3 aromatic rings. The molecule has 1 N–H and O–H groups in total.